The second-order valence-corrected chi connectivity index (χ2v) is 3.27. The van der Waals surface area contributed by atoms with Gasteiger partial charge in [-0.1, -0.05) is 17.7 Å². The van der Waals surface area contributed by atoms with E-state index in [0.29, 0.717) is 22.6 Å². The van der Waals surface area contributed by atoms with E-state index in [-0.39, 0.29) is 5.91 Å². The number of anilines is 1. The van der Waals surface area contributed by atoms with Crippen LogP contribution in [0, 0.1) is 0 Å². The molecule has 1 aliphatic heterocycles. The first kappa shape index (κ1) is 8.26. The molecule has 0 spiro atoms. The minimum absolute atomic E-state index is 0.285. The summed E-state index contributed by atoms with van der Waals surface area (Å²) < 4.78 is 0. The van der Waals surface area contributed by atoms with Gasteiger partial charge in [0, 0.05) is 10.7 Å². The zero-order valence-corrected chi connectivity index (χ0v) is 7.34. The first-order valence-corrected chi connectivity index (χ1v) is 4.16. The maximum absolute atomic E-state index is 11.2. The number of aldehydes is 1. The van der Waals surface area contributed by atoms with Crippen molar-refractivity contribution in [2.75, 3.05) is 5.32 Å². The molecule has 0 saturated heterocycles. The van der Waals surface area contributed by atoms with E-state index in [1.54, 1.807) is 18.2 Å². The van der Waals surface area contributed by atoms with E-state index in [1.807, 2.05) is 0 Å². The molecule has 1 heterocycles. The van der Waals surface area contributed by atoms with Gasteiger partial charge in [-0.25, -0.2) is 0 Å². The van der Waals surface area contributed by atoms with Gasteiger partial charge in [0.05, 0.1) is 0 Å². The molecule has 13 heavy (non-hydrogen) atoms. The molecular formula is C9H6ClNO2. The van der Waals surface area contributed by atoms with Crippen LogP contribution in [0.2, 0.25) is 5.02 Å². The van der Waals surface area contributed by atoms with E-state index in [0.717, 1.165) is 0 Å². The summed E-state index contributed by atoms with van der Waals surface area (Å²) in [4.78, 5) is 21.8. The molecule has 66 valence electrons. The number of hydrogen-bond acceptors (Lipinski definition) is 2. The van der Waals surface area contributed by atoms with Crippen molar-refractivity contribution in [1.82, 2.24) is 0 Å². The molecule has 0 aromatic heterocycles. The van der Waals surface area contributed by atoms with Gasteiger partial charge in [-0.15, -0.1) is 0 Å². The Kier molecular flexibility index (Phi) is 1.81. The van der Waals surface area contributed by atoms with Crippen LogP contribution < -0.4 is 5.32 Å². The lowest BCUT2D eigenvalue weighted by Crippen LogP contribution is -2.12. The SMILES string of the molecule is O=CC1C(=O)Nc2cc(Cl)ccc21. The molecule has 1 aromatic rings. The second-order valence-electron chi connectivity index (χ2n) is 2.83. The van der Waals surface area contributed by atoms with Gasteiger partial charge in [0.25, 0.3) is 0 Å². The van der Waals surface area contributed by atoms with Crippen molar-refractivity contribution in [2.24, 2.45) is 0 Å². The summed E-state index contributed by atoms with van der Waals surface area (Å²) in [6.07, 6.45) is 0.634. The van der Waals surface area contributed by atoms with Gasteiger partial charge in [-0.05, 0) is 17.7 Å². The van der Waals surface area contributed by atoms with Crippen LogP contribution in [-0.2, 0) is 9.59 Å². The van der Waals surface area contributed by atoms with Crippen LogP contribution in [0.15, 0.2) is 18.2 Å². The molecule has 1 unspecified atom stereocenters. The smallest absolute Gasteiger partial charge is 0.239 e. The highest BCUT2D eigenvalue weighted by Crippen LogP contribution is 2.32. The molecule has 1 aromatic carbocycles. The normalized spacial score (nSPS) is 19.5. The Bertz CT molecular complexity index is 389. The molecule has 1 atom stereocenters. The minimum atomic E-state index is -0.674. The van der Waals surface area contributed by atoms with Crippen LogP contribution in [0.1, 0.15) is 11.5 Å². The Hall–Kier alpha value is -1.35. The van der Waals surface area contributed by atoms with Gasteiger partial charge in [0.15, 0.2) is 0 Å². The van der Waals surface area contributed by atoms with Gasteiger partial charge in [-0.2, -0.15) is 0 Å². The van der Waals surface area contributed by atoms with Crippen molar-refractivity contribution in [3.63, 3.8) is 0 Å². The molecular weight excluding hydrogens is 190 g/mol. The topological polar surface area (TPSA) is 46.2 Å². The summed E-state index contributed by atoms with van der Waals surface area (Å²) in [6, 6.07) is 4.99. The fraction of sp³-hybridized carbons (Fsp3) is 0.111. The number of nitrogens with one attached hydrogen (secondary N) is 1. The van der Waals surface area contributed by atoms with E-state index >= 15 is 0 Å². The number of benzene rings is 1. The quantitative estimate of drug-likeness (QED) is 0.546. The molecule has 4 heteroatoms. The highest BCUT2D eigenvalue weighted by molar-refractivity contribution is 6.31. The number of rotatable bonds is 1. The van der Waals surface area contributed by atoms with Gasteiger partial charge in [0.2, 0.25) is 5.91 Å². The van der Waals surface area contributed by atoms with Crippen molar-refractivity contribution in [3.05, 3.63) is 28.8 Å². The Morgan fingerprint density at radius 1 is 1.46 bits per heavy atom. The van der Waals surface area contributed by atoms with Crippen molar-refractivity contribution >= 4 is 29.5 Å². The monoisotopic (exact) mass is 195 g/mol. The second kappa shape index (κ2) is 2.85. The van der Waals surface area contributed by atoms with Crippen molar-refractivity contribution < 1.29 is 9.59 Å². The fourth-order valence-electron chi connectivity index (χ4n) is 1.39. The Labute approximate surface area is 79.7 Å². The van der Waals surface area contributed by atoms with Crippen molar-refractivity contribution in [1.29, 1.82) is 0 Å². The molecule has 0 bridgehead atoms. The Morgan fingerprint density at radius 3 is 2.92 bits per heavy atom. The molecule has 2 rings (SSSR count). The van der Waals surface area contributed by atoms with Gasteiger partial charge in [-0.3, -0.25) is 4.79 Å². The van der Waals surface area contributed by atoms with Crippen LogP contribution in [0.25, 0.3) is 0 Å². The van der Waals surface area contributed by atoms with Crippen molar-refractivity contribution in [3.8, 4) is 0 Å². The standard InChI is InChI=1S/C9H6ClNO2/c10-5-1-2-6-7(4-12)9(13)11-8(6)3-5/h1-4,7H,(H,11,13). The Morgan fingerprint density at radius 2 is 2.23 bits per heavy atom. The zero-order chi connectivity index (χ0) is 9.42. The maximum Gasteiger partial charge on any atom is 0.239 e. The van der Waals surface area contributed by atoms with Gasteiger partial charge in [0.1, 0.15) is 12.2 Å². The van der Waals surface area contributed by atoms with Crippen molar-refractivity contribution in [2.45, 2.75) is 5.92 Å². The highest BCUT2D eigenvalue weighted by Gasteiger charge is 2.29. The minimum Gasteiger partial charge on any atom is -0.325 e. The summed E-state index contributed by atoms with van der Waals surface area (Å²) in [5.74, 6) is -0.959. The van der Waals surface area contributed by atoms with Gasteiger partial charge >= 0.3 is 0 Å². The largest absolute Gasteiger partial charge is 0.325 e. The predicted molar refractivity (Wildman–Crippen MR) is 48.9 cm³/mol. The molecule has 1 amide bonds. The average molecular weight is 196 g/mol. The third kappa shape index (κ3) is 1.21. The third-order valence-electron chi connectivity index (χ3n) is 2.03. The Balaban J connectivity index is 2.54. The van der Waals surface area contributed by atoms with Crippen LogP contribution >= 0.6 is 11.6 Å². The number of carbonyl (C=O) groups is 2. The average Bonchev–Trinajstić information content (AvgIpc) is 2.39. The van der Waals surface area contributed by atoms with Crippen LogP contribution in [0.5, 0.6) is 0 Å². The fourth-order valence-corrected chi connectivity index (χ4v) is 1.57. The summed E-state index contributed by atoms with van der Waals surface area (Å²) in [7, 11) is 0. The lowest BCUT2D eigenvalue weighted by atomic mass is 10.0. The number of carbonyl (C=O) groups excluding carboxylic acids is 2. The summed E-state index contributed by atoms with van der Waals surface area (Å²) in [5, 5.41) is 3.13. The first-order valence-electron chi connectivity index (χ1n) is 3.78. The van der Waals surface area contributed by atoms with E-state index in [2.05, 4.69) is 5.32 Å². The van der Waals surface area contributed by atoms with E-state index in [1.165, 1.54) is 0 Å². The van der Waals surface area contributed by atoms with Crippen LogP contribution in [-0.4, -0.2) is 12.2 Å². The summed E-state index contributed by atoms with van der Waals surface area (Å²) >= 11 is 5.72. The number of fused-ring (bicyclic) bond motifs is 1. The number of amides is 1. The van der Waals surface area contributed by atoms with Crippen LogP contribution in [0.4, 0.5) is 5.69 Å². The lowest BCUT2D eigenvalue weighted by Gasteiger charge is -1.98. The van der Waals surface area contributed by atoms with E-state index < -0.39 is 5.92 Å². The highest BCUT2D eigenvalue weighted by atomic mass is 35.5. The summed E-state index contributed by atoms with van der Waals surface area (Å²) in [6.45, 7) is 0. The lowest BCUT2D eigenvalue weighted by molar-refractivity contribution is -0.121. The van der Waals surface area contributed by atoms with Crippen LogP contribution in [0.3, 0.4) is 0 Å². The zero-order valence-electron chi connectivity index (χ0n) is 6.58. The third-order valence-corrected chi connectivity index (χ3v) is 2.26. The molecule has 1 aliphatic rings. The van der Waals surface area contributed by atoms with E-state index in [9.17, 15) is 9.59 Å². The molecule has 0 fully saturated rings. The molecule has 0 radical (unpaired) electrons. The maximum atomic E-state index is 11.2. The molecule has 0 saturated carbocycles. The molecule has 0 aliphatic carbocycles. The molecule has 3 nitrogen and oxygen atoms in total. The summed E-state index contributed by atoms with van der Waals surface area (Å²) in [5.41, 5.74) is 1.33. The number of hydrogen-bond donors (Lipinski definition) is 1. The van der Waals surface area contributed by atoms with Gasteiger partial charge < -0.3 is 10.1 Å². The molecule has 1 N–H and O–H groups in total. The predicted octanol–water partition coefficient (Wildman–Crippen LogP) is 1.57. The number of halogens is 1. The van der Waals surface area contributed by atoms with E-state index in [4.69, 9.17) is 11.6 Å². The first-order chi connectivity index (χ1) is 6.22.